The Labute approximate surface area is 205 Å². The van der Waals surface area contributed by atoms with Gasteiger partial charge in [0, 0.05) is 19.0 Å². The van der Waals surface area contributed by atoms with Crippen molar-refractivity contribution in [3.8, 4) is 5.75 Å². The maximum Gasteiger partial charge on any atom is 0.422 e. The van der Waals surface area contributed by atoms with E-state index in [1.165, 1.54) is 6.07 Å². The van der Waals surface area contributed by atoms with E-state index in [0.717, 1.165) is 16.7 Å². The summed E-state index contributed by atoms with van der Waals surface area (Å²) in [6, 6.07) is 11.6. The van der Waals surface area contributed by atoms with Crippen molar-refractivity contribution in [2.45, 2.75) is 57.2 Å². The summed E-state index contributed by atoms with van der Waals surface area (Å²) in [5.74, 6) is 0.119. The smallest absolute Gasteiger partial charge is 0.422 e. The third-order valence-corrected chi connectivity index (χ3v) is 6.57. The van der Waals surface area contributed by atoms with Crippen LogP contribution in [0.15, 0.2) is 42.5 Å². The lowest BCUT2D eigenvalue weighted by atomic mass is 9.66. The van der Waals surface area contributed by atoms with Crippen molar-refractivity contribution >= 4 is 12.4 Å². The normalized spacial score (nSPS) is 20.2. The van der Waals surface area contributed by atoms with Crippen molar-refractivity contribution in [1.29, 1.82) is 0 Å². The minimum absolute atomic E-state index is 0. The summed E-state index contributed by atoms with van der Waals surface area (Å²) in [6.45, 7) is 4.11. The molecule has 0 saturated carbocycles. The summed E-state index contributed by atoms with van der Waals surface area (Å²) in [6.07, 6.45) is -2.06. The van der Waals surface area contributed by atoms with Gasteiger partial charge in [-0.2, -0.15) is 13.2 Å². The van der Waals surface area contributed by atoms with E-state index >= 15 is 0 Å². The minimum Gasteiger partial charge on any atom is -0.484 e. The lowest BCUT2D eigenvalue weighted by Gasteiger charge is -2.44. The maximum atomic E-state index is 13.7. The average Bonchev–Trinajstić information content (AvgIpc) is 2.74. The fourth-order valence-corrected chi connectivity index (χ4v) is 4.97. The maximum absolute atomic E-state index is 13.7. The molecule has 0 aromatic heterocycles. The summed E-state index contributed by atoms with van der Waals surface area (Å²) in [7, 11) is 1.94. The van der Waals surface area contributed by atoms with Gasteiger partial charge in [-0.3, -0.25) is 0 Å². The van der Waals surface area contributed by atoms with Crippen molar-refractivity contribution in [3.63, 3.8) is 0 Å². The molecular weight excluding hydrogens is 470 g/mol. The van der Waals surface area contributed by atoms with Gasteiger partial charge in [0.2, 0.25) is 0 Å². The van der Waals surface area contributed by atoms with Crippen LogP contribution in [0.1, 0.15) is 49.3 Å². The molecule has 0 amide bonds. The van der Waals surface area contributed by atoms with Crippen LogP contribution in [0.5, 0.6) is 5.75 Å². The van der Waals surface area contributed by atoms with Crippen LogP contribution < -0.4 is 4.74 Å². The Hall–Kier alpha value is -1.83. The summed E-state index contributed by atoms with van der Waals surface area (Å²) >= 11 is 0. The number of aryl methyl sites for hydroxylation is 1. The highest BCUT2D eigenvalue weighted by molar-refractivity contribution is 5.85. The zero-order chi connectivity index (χ0) is 24.2. The second-order valence-corrected chi connectivity index (χ2v) is 9.48. The molecule has 0 fully saturated rings. The highest BCUT2D eigenvalue weighted by Crippen LogP contribution is 2.45. The van der Waals surface area contributed by atoms with Gasteiger partial charge < -0.3 is 14.7 Å². The predicted octanol–water partition coefficient (Wildman–Crippen LogP) is 6.17. The average molecular weight is 504 g/mol. The van der Waals surface area contributed by atoms with Gasteiger partial charge in [-0.1, -0.05) is 38.1 Å². The Bertz CT molecular complexity index is 937. The molecule has 3 nitrogen and oxygen atoms in total. The van der Waals surface area contributed by atoms with Gasteiger partial charge in [-0.25, -0.2) is 4.39 Å². The van der Waals surface area contributed by atoms with Crippen molar-refractivity contribution in [2.75, 3.05) is 26.7 Å². The highest BCUT2D eigenvalue weighted by atomic mass is 35.5. The number of para-hydroxylation sites is 1. The molecule has 3 rings (SSSR count). The van der Waals surface area contributed by atoms with Crippen molar-refractivity contribution in [1.82, 2.24) is 4.90 Å². The van der Waals surface area contributed by atoms with Gasteiger partial charge in [0.25, 0.3) is 0 Å². The van der Waals surface area contributed by atoms with Crippen LogP contribution in [0.25, 0.3) is 0 Å². The van der Waals surface area contributed by atoms with Crippen molar-refractivity contribution < 1.29 is 27.4 Å². The monoisotopic (exact) mass is 503 g/mol. The van der Waals surface area contributed by atoms with E-state index in [-0.39, 0.29) is 35.8 Å². The van der Waals surface area contributed by atoms with Crippen LogP contribution in [0.3, 0.4) is 0 Å². The fourth-order valence-electron chi connectivity index (χ4n) is 4.97. The Kier molecular flexibility index (Phi) is 9.80. The predicted molar refractivity (Wildman–Crippen MR) is 128 cm³/mol. The van der Waals surface area contributed by atoms with Gasteiger partial charge >= 0.3 is 6.18 Å². The molecule has 2 aromatic carbocycles. The van der Waals surface area contributed by atoms with E-state index in [0.29, 0.717) is 38.8 Å². The second kappa shape index (κ2) is 11.7. The number of rotatable bonds is 9. The van der Waals surface area contributed by atoms with Crippen LogP contribution in [0.4, 0.5) is 17.6 Å². The molecule has 0 aliphatic heterocycles. The molecule has 0 saturated heterocycles. The number of fused-ring (bicyclic) bond motifs is 1. The number of hydrogen-bond donors (Lipinski definition) is 1. The van der Waals surface area contributed by atoms with Gasteiger partial charge in [0.1, 0.15) is 11.6 Å². The van der Waals surface area contributed by atoms with Gasteiger partial charge in [0.15, 0.2) is 6.61 Å². The van der Waals surface area contributed by atoms with E-state index in [9.17, 15) is 22.7 Å². The van der Waals surface area contributed by atoms with E-state index < -0.39 is 18.4 Å². The third kappa shape index (κ3) is 7.33. The molecule has 2 aromatic rings. The van der Waals surface area contributed by atoms with E-state index in [2.05, 4.69) is 18.7 Å². The molecule has 190 valence electrons. The fraction of sp³-hybridized carbons (Fsp3) is 0.538. The highest BCUT2D eigenvalue weighted by Gasteiger charge is 2.43. The van der Waals surface area contributed by atoms with Gasteiger partial charge in [0.05, 0.1) is 5.60 Å². The largest absolute Gasteiger partial charge is 0.484 e. The van der Waals surface area contributed by atoms with Gasteiger partial charge in [-0.15, -0.1) is 12.4 Å². The molecule has 0 unspecified atom stereocenters. The minimum atomic E-state index is -4.38. The third-order valence-electron chi connectivity index (χ3n) is 6.57. The van der Waals surface area contributed by atoms with E-state index in [1.54, 1.807) is 36.4 Å². The lowest BCUT2D eigenvalue weighted by molar-refractivity contribution is -0.153. The summed E-state index contributed by atoms with van der Waals surface area (Å²) in [4.78, 5) is 2.08. The molecule has 0 spiro atoms. The molecule has 0 heterocycles. The summed E-state index contributed by atoms with van der Waals surface area (Å²) in [5, 5.41) is 11.6. The molecule has 0 bridgehead atoms. The van der Waals surface area contributed by atoms with Crippen molar-refractivity contribution in [2.24, 2.45) is 5.92 Å². The molecule has 8 heteroatoms. The topological polar surface area (TPSA) is 32.7 Å². The molecule has 1 aliphatic rings. The molecule has 1 N–H and O–H groups in total. The summed E-state index contributed by atoms with van der Waals surface area (Å²) in [5.41, 5.74) is 1.84. The Morgan fingerprint density at radius 3 is 2.53 bits per heavy atom. The van der Waals surface area contributed by atoms with Crippen LogP contribution in [-0.4, -0.2) is 48.5 Å². The SMILES string of the molecule is CC(C)[C@H]1c2ccc(F)cc2CC[C@]1(O)CCN(C)CCc1ccccc1OCC(F)(F)F.Cl. The van der Waals surface area contributed by atoms with Crippen LogP contribution in [0.2, 0.25) is 0 Å². The Morgan fingerprint density at radius 2 is 1.85 bits per heavy atom. The van der Waals surface area contributed by atoms with Gasteiger partial charge in [-0.05, 0) is 73.5 Å². The van der Waals surface area contributed by atoms with Crippen LogP contribution in [-0.2, 0) is 12.8 Å². The molecular formula is C26H34ClF4NO2. The number of benzene rings is 2. The van der Waals surface area contributed by atoms with Crippen molar-refractivity contribution in [3.05, 3.63) is 65.0 Å². The first-order valence-corrected chi connectivity index (χ1v) is 11.5. The first-order valence-electron chi connectivity index (χ1n) is 11.5. The number of nitrogens with zero attached hydrogens (tertiary/aromatic N) is 1. The number of aliphatic hydroxyl groups is 1. The van der Waals surface area contributed by atoms with E-state index in [4.69, 9.17) is 4.74 Å². The number of likely N-dealkylation sites (N-methyl/N-ethyl adjacent to an activating group) is 1. The quantitative estimate of drug-likeness (QED) is 0.415. The molecule has 2 atom stereocenters. The second-order valence-electron chi connectivity index (χ2n) is 9.48. The number of ether oxygens (including phenoxy) is 1. The zero-order valence-corrected chi connectivity index (χ0v) is 20.7. The van der Waals surface area contributed by atoms with Crippen LogP contribution >= 0.6 is 12.4 Å². The van der Waals surface area contributed by atoms with Crippen LogP contribution in [0, 0.1) is 11.7 Å². The summed E-state index contributed by atoms with van der Waals surface area (Å²) < 4.78 is 56.2. The number of halogens is 5. The molecule has 0 radical (unpaired) electrons. The Morgan fingerprint density at radius 1 is 1.15 bits per heavy atom. The molecule has 34 heavy (non-hydrogen) atoms. The number of alkyl halides is 3. The lowest BCUT2D eigenvalue weighted by Crippen LogP contribution is -2.45. The number of hydrogen-bond acceptors (Lipinski definition) is 3. The first-order chi connectivity index (χ1) is 15.5. The van der Waals surface area contributed by atoms with E-state index in [1.807, 2.05) is 7.05 Å². The standard InChI is InChI=1S/C26H33F4NO2.ClH/c1-18(2)24-22-9-8-21(27)16-20(22)10-12-25(24,32)13-15-31(3)14-11-19-6-4-5-7-23(19)33-17-26(28,29)30;/h4-9,16,18,24,32H,10-15,17H2,1-3H3;1H/t24-,25-;/m0./s1. The Balaban J connectivity index is 0.00000408. The zero-order valence-electron chi connectivity index (χ0n) is 19.9. The first kappa shape index (κ1) is 28.4. The molecule has 1 aliphatic carbocycles.